The van der Waals surface area contributed by atoms with Gasteiger partial charge in [-0.05, 0) is 73.5 Å². The molecule has 6 heterocycles. The highest BCUT2D eigenvalue weighted by atomic mass is 16.7. The van der Waals surface area contributed by atoms with Crippen LogP contribution in [0.2, 0.25) is 0 Å². The fourth-order valence-electron chi connectivity index (χ4n) is 10.7. The number of aliphatic hydroxyl groups is 1. The second-order valence-electron chi connectivity index (χ2n) is 18.2. The standard InChI is InChI=1S/C28H27NO7.C22H23NO7.C7H8O/c1-29-12-11-17-13-20-26(35-15-34-20)27(32-3)21(17)23(29)24-18-9-10-19(31-2)25(22(18)28(30)36-24)33-14-16-7-5-4-6-8-16;1-23-8-7-11-9-14-20(29-10-28-14)21(27-4)15(11)17(23)18-12-5-6-13(25-2)19(26-3)16(12)22(24)30-18;8-6-7-4-2-1-3-5-7/h4-10,13,23-24H,11-12,14-15H2,1-3H3;5-6,9,17-18H,7-8,10H2,1-4H3;1-5,8H,6H2/t23-,24?;17-,18+;/m11./s1. The predicted octanol–water partition coefficient (Wildman–Crippen LogP) is 8.51. The molecule has 17 heteroatoms. The summed E-state index contributed by atoms with van der Waals surface area (Å²) < 4.78 is 68.8. The Hall–Kier alpha value is -7.86. The number of methoxy groups -OCH3 is 5. The van der Waals surface area contributed by atoms with Crippen LogP contribution in [0.25, 0.3) is 0 Å². The van der Waals surface area contributed by atoms with E-state index < -0.39 is 24.1 Å². The number of hydrogen-bond acceptors (Lipinski definition) is 17. The molecular formula is C57H58N2O15. The van der Waals surface area contributed by atoms with Crippen LogP contribution >= 0.6 is 0 Å². The normalized spacial score (nSPS) is 19.5. The second-order valence-corrected chi connectivity index (χ2v) is 18.2. The first-order valence-corrected chi connectivity index (χ1v) is 24.2. The number of aliphatic hydroxyl groups excluding tert-OH is 1. The summed E-state index contributed by atoms with van der Waals surface area (Å²) in [6, 6.07) is 30.2. The molecule has 386 valence electrons. The van der Waals surface area contributed by atoms with Gasteiger partial charge >= 0.3 is 11.9 Å². The number of benzene rings is 6. The molecule has 1 unspecified atom stereocenters. The van der Waals surface area contributed by atoms with E-state index in [2.05, 4.69) is 9.80 Å². The van der Waals surface area contributed by atoms with Crippen LogP contribution in [-0.2, 0) is 35.5 Å². The van der Waals surface area contributed by atoms with E-state index in [9.17, 15) is 9.59 Å². The molecule has 6 aliphatic heterocycles. The van der Waals surface area contributed by atoms with Gasteiger partial charge in [0.1, 0.15) is 29.9 Å². The van der Waals surface area contributed by atoms with E-state index in [-0.39, 0.29) is 32.3 Å². The van der Waals surface area contributed by atoms with E-state index in [0.717, 1.165) is 70.4 Å². The molecule has 6 aromatic carbocycles. The topological polar surface area (TPSA) is 172 Å². The van der Waals surface area contributed by atoms with Crippen LogP contribution in [0, 0.1) is 0 Å². The van der Waals surface area contributed by atoms with Crippen molar-refractivity contribution < 1.29 is 71.5 Å². The molecule has 0 radical (unpaired) electrons. The Labute approximate surface area is 428 Å². The second kappa shape index (κ2) is 21.3. The maximum absolute atomic E-state index is 13.3. The third-order valence-electron chi connectivity index (χ3n) is 14.2. The number of carbonyl (C=O) groups excluding carboxylic acids is 2. The first-order valence-electron chi connectivity index (χ1n) is 24.2. The van der Waals surface area contributed by atoms with E-state index in [1.807, 2.05) is 105 Å². The molecule has 17 nitrogen and oxygen atoms in total. The van der Waals surface area contributed by atoms with Gasteiger partial charge in [0.05, 0.1) is 54.2 Å². The Balaban J connectivity index is 0.000000149. The molecule has 1 N–H and O–H groups in total. The molecule has 4 atom stereocenters. The van der Waals surface area contributed by atoms with Gasteiger partial charge in [-0.1, -0.05) is 72.8 Å². The minimum absolute atomic E-state index is 0.140. The quantitative estimate of drug-likeness (QED) is 0.122. The summed E-state index contributed by atoms with van der Waals surface area (Å²) in [7, 11) is 11.9. The van der Waals surface area contributed by atoms with Gasteiger partial charge < -0.3 is 61.9 Å². The summed E-state index contributed by atoms with van der Waals surface area (Å²) in [5, 5.41) is 8.54. The summed E-state index contributed by atoms with van der Waals surface area (Å²) in [4.78, 5) is 30.6. The number of esters is 2. The highest BCUT2D eigenvalue weighted by Gasteiger charge is 2.48. The molecule has 6 aromatic rings. The molecule has 0 aromatic heterocycles. The predicted molar refractivity (Wildman–Crippen MR) is 268 cm³/mol. The van der Waals surface area contributed by atoms with Crippen LogP contribution in [0.3, 0.4) is 0 Å². The number of nitrogens with zero attached hydrogens (tertiary/aromatic N) is 2. The van der Waals surface area contributed by atoms with Crippen molar-refractivity contribution in [2.45, 2.75) is 50.3 Å². The average Bonchev–Trinajstić information content (AvgIpc) is 4.25. The van der Waals surface area contributed by atoms with Gasteiger partial charge in [0.15, 0.2) is 46.0 Å². The minimum atomic E-state index is -0.559. The molecule has 0 bridgehead atoms. The molecule has 6 aliphatic rings. The van der Waals surface area contributed by atoms with Crippen molar-refractivity contribution >= 4 is 11.9 Å². The van der Waals surface area contributed by atoms with Crippen molar-refractivity contribution in [2.75, 3.05) is 76.3 Å². The average molecular weight is 1010 g/mol. The summed E-state index contributed by atoms with van der Waals surface area (Å²) >= 11 is 0. The Morgan fingerprint density at radius 1 is 0.541 bits per heavy atom. The number of likely N-dealkylation sites (N-methyl/N-ethyl adjacent to an activating group) is 2. The van der Waals surface area contributed by atoms with Crippen LogP contribution in [0.1, 0.15) is 89.5 Å². The zero-order valence-corrected chi connectivity index (χ0v) is 42.3. The van der Waals surface area contributed by atoms with Gasteiger partial charge in [-0.3, -0.25) is 9.80 Å². The number of carbonyl (C=O) groups is 2. The Bertz CT molecular complexity index is 3060. The van der Waals surface area contributed by atoms with E-state index in [4.69, 9.17) is 61.9 Å². The van der Waals surface area contributed by atoms with Crippen molar-refractivity contribution in [3.8, 4) is 57.5 Å². The molecule has 12 rings (SSSR count). The first-order chi connectivity index (χ1) is 36.1. The van der Waals surface area contributed by atoms with E-state index in [1.165, 1.54) is 7.11 Å². The Morgan fingerprint density at radius 3 is 1.42 bits per heavy atom. The van der Waals surface area contributed by atoms with Gasteiger partial charge in [0.2, 0.25) is 25.1 Å². The van der Waals surface area contributed by atoms with Gasteiger partial charge in [-0.15, -0.1) is 0 Å². The fourth-order valence-corrected chi connectivity index (χ4v) is 10.7. The fraction of sp³-hybridized carbons (Fsp3) is 0.333. The van der Waals surface area contributed by atoms with Crippen molar-refractivity contribution in [3.63, 3.8) is 0 Å². The van der Waals surface area contributed by atoms with Gasteiger partial charge in [0.25, 0.3) is 0 Å². The zero-order valence-electron chi connectivity index (χ0n) is 42.3. The largest absolute Gasteiger partial charge is 0.493 e. The smallest absolute Gasteiger partial charge is 0.343 e. The third-order valence-corrected chi connectivity index (χ3v) is 14.2. The molecule has 0 saturated heterocycles. The van der Waals surface area contributed by atoms with Crippen molar-refractivity contribution in [3.05, 3.63) is 153 Å². The van der Waals surface area contributed by atoms with Crippen LogP contribution < -0.4 is 47.4 Å². The van der Waals surface area contributed by atoms with Crippen LogP contribution in [0.15, 0.2) is 97.1 Å². The number of hydrogen-bond donors (Lipinski definition) is 1. The highest BCUT2D eigenvalue weighted by Crippen LogP contribution is 2.57. The molecule has 0 amide bonds. The van der Waals surface area contributed by atoms with Crippen molar-refractivity contribution in [1.29, 1.82) is 0 Å². The number of cyclic esters (lactones) is 2. The molecule has 0 aliphatic carbocycles. The van der Waals surface area contributed by atoms with Crippen LogP contribution in [-0.4, -0.2) is 103 Å². The van der Waals surface area contributed by atoms with Crippen LogP contribution in [0.4, 0.5) is 0 Å². The lowest BCUT2D eigenvalue weighted by Gasteiger charge is -2.38. The van der Waals surface area contributed by atoms with Gasteiger partial charge in [0, 0.05) is 35.3 Å². The summed E-state index contributed by atoms with van der Waals surface area (Å²) in [6.07, 6.45) is 0.563. The summed E-state index contributed by atoms with van der Waals surface area (Å²) in [6.45, 7) is 2.34. The van der Waals surface area contributed by atoms with Gasteiger partial charge in [-0.25, -0.2) is 9.59 Å². The number of rotatable bonds is 11. The lowest BCUT2D eigenvalue weighted by Crippen LogP contribution is -2.36. The summed E-state index contributed by atoms with van der Waals surface area (Å²) in [5.41, 5.74) is 8.38. The Morgan fingerprint density at radius 2 is 0.986 bits per heavy atom. The number of fused-ring (bicyclic) bond motifs is 6. The third kappa shape index (κ3) is 8.94. The van der Waals surface area contributed by atoms with Gasteiger partial charge in [-0.2, -0.15) is 0 Å². The maximum Gasteiger partial charge on any atom is 0.343 e. The van der Waals surface area contributed by atoms with Crippen LogP contribution in [0.5, 0.6) is 57.5 Å². The Kier molecular flexibility index (Phi) is 14.3. The lowest BCUT2D eigenvalue weighted by atomic mass is 9.85. The minimum Gasteiger partial charge on any atom is -0.493 e. The zero-order chi connectivity index (χ0) is 51.6. The monoisotopic (exact) mass is 1010 g/mol. The molecule has 0 fully saturated rings. The van der Waals surface area contributed by atoms with E-state index in [1.54, 1.807) is 34.5 Å². The maximum atomic E-state index is 13.3. The van der Waals surface area contributed by atoms with Crippen molar-refractivity contribution in [2.24, 2.45) is 0 Å². The number of ether oxygens (including phenoxy) is 12. The molecule has 74 heavy (non-hydrogen) atoms. The summed E-state index contributed by atoms with van der Waals surface area (Å²) in [5.74, 6) is 4.69. The molecule has 0 spiro atoms. The first kappa shape index (κ1) is 49.7. The molecule has 0 saturated carbocycles. The van der Waals surface area contributed by atoms with E-state index >= 15 is 0 Å². The molecular weight excluding hydrogens is 953 g/mol. The SMILES string of the molecule is COc1ccc2c(c1OC)C(=O)O[C@@H]2[C@H]1c2c(cc3c(c2OC)OCO3)CCN1C.COc1ccc2c(c1OCc1ccccc1)C(=O)OC2[C@H]1c2c(cc3c(c2OC)OCO3)CCN1C.OCc1ccccc1. The lowest BCUT2D eigenvalue weighted by molar-refractivity contribution is 0.00805. The van der Waals surface area contributed by atoms with Crippen molar-refractivity contribution in [1.82, 2.24) is 9.80 Å². The highest BCUT2D eigenvalue weighted by molar-refractivity contribution is 5.99. The van der Waals surface area contributed by atoms with E-state index in [0.29, 0.717) is 75.2 Å².